The number of methoxy groups -OCH3 is 1. The molecule has 0 aliphatic carbocycles. The van der Waals surface area contributed by atoms with E-state index in [1.54, 1.807) is 18.2 Å². The van der Waals surface area contributed by atoms with E-state index in [0.717, 1.165) is 5.56 Å². The first-order valence-corrected chi connectivity index (χ1v) is 5.85. The van der Waals surface area contributed by atoms with Gasteiger partial charge in [-0.05, 0) is 23.8 Å². The molecule has 0 aliphatic rings. The summed E-state index contributed by atoms with van der Waals surface area (Å²) in [6.07, 6.45) is 0. The fourth-order valence-corrected chi connectivity index (χ4v) is 1.65. The van der Waals surface area contributed by atoms with Crippen molar-refractivity contribution in [1.82, 2.24) is 0 Å². The van der Waals surface area contributed by atoms with Gasteiger partial charge in [0.1, 0.15) is 12.4 Å². The minimum atomic E-state index is -0.470. The van der Waals surface area contributed by atoms with E-state index in [9.17, 15) is 4.79 Å². The SMILES string of the molecule is COC(=O)c1cc(OCc2ccccc2)ccc1N. The lowest BCUT2D eigenvalue weighted by Gasteiger charge is -2.09. The van der Waals surface area contributed by atoms with E-state index in [0.29, 0.717) is 23.6 Å². The number of hydrogen-bond acceptors (Lipinski definition) is 4. The normalized spacial score (nSPS) is 9.95. The molecule has 19 heavy (non-hydrogen) atoms. The van der Waals surface area contributed by atoms with Crippen molar-refractivity contribution in [3.8, 4) is 5.75 Å². The lowest BCUT2D eigenvalue weighted by Crippen LogP contribution is -2.06. The number of carbonyl (C=O) groups is 1. The average Bonchev–Trinajstić information content (AvgIpc) is 2.46. The highest BCUT2D eigenvalue weighted by Gasteiger charge is 2.11. The summed E-state index contributed by atoms with van der Waals surface area (Å²) in [6, 6.07) is 14.7. The van der Waals surface area contributed by atoms with Crippen molar-refractivity contribution >= 4 is 11.7 Å². The molecule has 2 aromatic carbocycles. The van der Waals surface area contributed by atoms with Crippen LogP contribution in [0.4, 0.5) is 5.69 Å². The van der Waals surface area contributed by atoms with Crippen LogP contribution in [-0.4, -0.2) is 13.1 Å². The third-order valence-electron chi connectivity index (χ3n) is 2.68. The average molecular weight is 257 g/mol. The van der Waals surface area contributed by atoms with Gasteiger partial charge in [-0.2, -0.15) is 0 Å². The van der Waals surface area contributed by atoms with Crippen LogP contribution < -0.4 is 10.5 Å². The van der Waals surface area contributed by atoms with Gasteiger partial charge in [0.2, 0.25) is 0 Å². The number of anilines is 1. The van der Waals surface area contributed by atoms with Gasteiger partial charge in [-0.25, -0.2) is 4.79 Å². The van der Waals surface area contributed by atoms with Gasteiger partial charge in [0.15, 0.2) is 0 Å². The summed E-state index contributed by atoms with van der Waals surface area (Å²) in [6.45, 7) is 0.436. The Morgan fingerprint density at radius 3 is 2.58 bits per heavy atom. The predicted molar refractivity (Wildman–Crippen MR) is 73.0 cm³/mol. The van der Waals surface area contributed by atoms with Gasteiger partial charge in [-0.3, -0.25) is 0 Å². The Bertz CT molecular complexity index is 567. The fraction of sp³-hybridized carbons (Fsp3) is 0.133. The highest BCUT2D eigenvalue weighted by Crippen LogP contribution is 2.21. The molecule has 0 atom stereocenters. The summed E-state index contributed by atoms with van der Waals surface area (Å²) >= 11 is 0. The molecule has 0 fully saturated rings. The fourth-order valence-electron chi connectivity index (χ4n) is 1.65. The summed E-state index contributed by atoms with van der Waals surface area (Å²) < 4.78 is 10.3. The van der Waals surface area contributed by atoms with Crippen molar-refractivity contribution in [2.75, 3.05) is 12.8 Å². The van der Waals surface area contributed by atoms with E-state index in [1.807, 2.05) is 30.3 Å². The molecule has 0 heterocycles. The Hall–Kier alpha value is -2.49. The highest BCUT2D eigenvalue weighted by molar-refractivity contribution is 5.95. The second-order valence-corrected chi connectivity index (χ2v) is 4.01. The van der Waals surface area contributed by atoms with Gasteiger partial charge in [0, 0.05) is 5.69 Å². The zero-order valence-corrected chi connectivity index (χ0v) is 10.6. The van der Waals surface area contributed by atoms with Crippen molar-refractivity contribution in [3.05, 3.63) is 59.7 Å². The first kappa shape index (κ1) is 13.0. The van der Waals surface area contributed by atoms with E-state index in [2.05, 4.69) is 4.74 Å². The molecule has 0 spiro atoms. The van der Waals surface area contributed by atoms with Crippen LogP contribution in [0.2, 0.25) is 0 Å². The van der Waals surface area contributed by atoms with Crippen LogP contribution in [0.25, 0.3) is 0 Å². The first-order valence-electron chi connectivity index (χ1n) is 5.85. The van der Waals surface area contributed by atoms with Crippen molar-refractivity contribution in [2.45, 2.75) is 6.61 Å². The minimum absolute atomic E-state index is 0.313. The van der Waals surface area contributed by atoms with Crippen molar-refractivity contribution in [2.24, 2.45) is 0 Å². The molecule has 0 radical (unpaired) electrons. The third kappa shape index (κ3) is 3.25. The van der Waals surface area contributed by atoms with Crippen LogP contribution in [0.1, 0.15) is 15.9 Å². The Morgan fingerprint density at radius 2 is 1.89 bits per heavy atom. The van der Waals surface area contributed by atoms with Crippen LogP contribution in [0.5, 0.6) is 5.75 Å². The Morgan fingerprint density at radius 1 is 1.16 bits per heavy atom. The molecule has 0 amide bonds. The zero-order valence-electron chi connectivity index (χ0n) is 10.6. The molecular weight excluding hydrogens is 242 g/mol. The molecular formula is C15H15NO3. The van der Waals surface area contributed by atoms with Gasteiger partial charge in [0.05, 0.1) is 12.7 Å². The molecule has 0 aliphatic heterocycles. The Kier molecular flexibility index (Phi) is 4.03. The molecule has 0 aromatic heterocycles. The Labute approximate surface area is 111 Å². The molecule has 98 valence electrons. The number of hydrogen-bond donors (Lipinski definition) is 1. The molecule has 4 nitrogen and oxygen atoms in total. The Balaban J connectivity index is 2.11. The van der Waals surface area contributed by atoms with Crippen LogP contribution in [0, 0.1) is 0 Å². The number of nitrogen functional groups attached to an aromatic ring is 1. The van der Waals surface area contributed by atoms with Crippen molar-refractivity contribution in [1.29, 1.82) is 0 Å². The minimum Gasteiger partial charge on any atom is -0.489 e. The maximum Gasteiger partial charge on any atom is 0.340 e. The summed E-state index contributed by atoms with van der Waals surface area (Å²) in [7, 11) is 1.32. The molecule has 0 bridgehead atoms. The summed E-state index contributed by atoms with van der Waals surface area (Å²) in [5, 5.41) is 0. The maximum atomic E-state index is 11.5. The molecule has 2 aromatic rings. The van der Waals surface area contributed by atoms with Gasteiger partial charge < -0.3 is 15.2 Å². The lowest BCUT2D eigenvalue weighted by molar-refractivity contribution is 0.0601. The van der Waals surface area contributed by atoms with Crippen molar-refractivity contribution < 1.29 is 14.3 Å². The van der Waals surface area contributed by atoms with E-state index in [-0.39, 0.29) is 0 Å². The quantitative estimate of drug-likeness (QED) is 0.675. The molecule has 2 rings (SSSR count). The second kappa shape index (κ2) is 5.91. The molecule has 2 N–H and O–H groups in total. The predicted octanol–water partition coefficient (Wildman–Crippen LogP) is 2.63. The van der Waals surface area contributed by atoms with E-state index < -0.39 is 5.97 Å². The third-order valence-corrected chi connectivity index (χ3v) is 2.68. The van der Waals surface area contributed by atoms with Gasteiger partial charge in [-0.1, -0.05) is 30.3 Å². The molecule has 4 heteroatoms. The second-order valence-electron chi connectivity index (χ2n) is 4.01. The maximum absolute atomic E-state index is 11.5. The first-order chi connectivity index (χ1) is 9.20. The van der Waals surface area contributed by atoms with Crippen LogP contribution >= 0.6 is 0 Å². The standard InChI is InChI=1S/C15H15NO3/c1-18-15(17)13-9-12(7-8-14(13)16)19-10-11-5-3-2-4-6-11/h2-9H,10,16H2,1H3. The van der Waals surface area contributed by atoms with Crippen molar-refractivity contribution in [3.63, 3.8) is 0 Å². The summed E-state index contributed by atoms with van der Waals surface area (Å²) in [5.74, 6) is 0.112. The van der Waals surface area contributed by atoms with E-state index in [1.165, 1.54) is 7.11 Å². The summed E-state index contributed by atoms with van der Waals surface area (Å²) in [4.78, 5) is 11.5. The largest absolute Gasteiger partial charge is 0.489 e. The monoisotopic (exact) mass is 257 g/mol. The lowest BCUT2D eigenvalue weighted by atomic mass is 10.1. The zero-order chi connectivity index (χ0) is 13.7. The van der Waals surface area contributed by atoms with Gasteiger partial charge in [-0.15, -0.1) is 0 Å². The number of carbonyl (C=O) groups excluding carboxylic acids is 1. The molecule has 0 unspecified atom stereocenters. The number of nitrogens with two attached hydrogens (primary N) is 1. The highest BCUT2D eigenvalue weighted by atomic mass is 16.5. The molecule has 0 saturated heterocycles. The smallest absolute Gasteiger partial charge is 0.340 e. The number of ether oxygens (including phenoxy) is 2. The number of benzene rings is 2. The molecule has 0 saturated carbocycles. The van der Waals surface area contributed by atoms with Gasteiger partial charge in [0.25, 0.3) is 0 Å². The van der Waals surface area contributed by atoms with E-state index in [4.69, 9.17) is 10.5 Å². The van der Waals surface area contributed by atoms with Gasteiger partial charge >= 0.3 is 5.97 Å². The topological polar surface area (TPSA) is 61.5 Å². The van der Waals surface area contributed by atoms with Crippen LogP contribution in [0.3, 0.4) is 0 Å². The number of esters is 1. The number of rotatable bonds is 4. The van der Waals surface area contributed by atoms with E-state index >= 15 is 0 Å². The summed E-state index contributed by atoms with van der Waals surface area (Å²) in [5.41, 5.74) is 7.46. The van der Waals surface area contributed by atoms with Crippen LogP contribution in [0.15, 0.2) is 48.5 Å². The van der Waals surface area contributed by atoms with Crippen LogP contribution in [-0.2, 0) is 11.3 Å².